The van der Waals surface area contributed by atoms with Crippen molar-refractivity contribution in [3.05, 3.63) is 77.3 Å². The predicted octanol–water partition coefficient (Wildman–Crippen LogP) is 3.63. The van der Waals surface area contributed by atoms with E-state index in [1.807, 2.05) is 0 Å². The third-order valence-corrected chi connectivity index (χ3v) is 5.25. The van der Waals surface area contributed by atoms with Crippen LogP contribution in [0.1, 0.15) is 28.8 Å². The molecule has 1 aliphatic rings. The fraction of sp³-hybridized carbons (Fsp3) is 0.154. The van der Waals surface area contributed by atoms with E-state index in [2.05, 4.69) is 5.32 Å². The Hall–Kier alpha value is -5.06. The van der Waals surface area contributed by atoms with E-state index in [4.69, 9.17) is 23.7 Å². The molecule has 0 bridgehead atoms. The summed E-state index contributed by atoms with van der Waals surface area (Å²) in [5, 5.41) is 11.2. The van der Waals surface area contributed by atoms with E-state index in [1.165, 1.54) is 37.5 Å². The number of hydrogen-bond acceptors (Lipinski definition) is 8. The Morgan fingerprint density at radius 3 is 2.43 bits per heavy atom. The van der Waals surface area contributed by atoms with Crippen LogP contribution in [0.2, 0.25) is 0 Å². The van der Waals surface area contributed by atoms with Gasteiger partial charge in [0.15, 0.2) is 11.5 Å². The van der Waals surface area contributed by atoms with Crippen LogP contribution in [0.3, 0.4) is 0 Å². The summed E-state index contributed by atoms with van der Waals surface area (Å²) >= 11 is 0. The number of carbonyl (C=O) groups excluding carboxylic acids is 3. The van der Waals surface area contributed by atoms with Gasteiger partial charge in [0.25, 0.3) is 11.8 Å². The number of urea groups is 1. The number of benzene rings is 2. The maximum Gasteiger partial charge on any atom is 0.371 e. The Bertz CT molecular complexity index is 1390. The highest BCUT2D eigenvalue weighted by atomic mass is 16.5. The maximum atomic E-state index is 13.1. The summed E-state index contributed by atoms with van der Waals surface area (Å²) in [6.07, 6.45) is 1.35. The first-order valence-electron chi connectivity index (χ1n) is 11.1. The minimum Gasteiger partial charge on any atom is -0.497 e. The lowest BCUT2D eigenvalue weighted by Crippen LogP contribution is -2.54. The van der Waals surface area contributed by atoms with E-state index in [1.54, 1.807) is 37.3 Å². The van der Waals surface area contributed by atoms with Gasteiger partial charge in [-0.05, 0) is 67.1 Å². The quantitative estimate of drug-likeness (QED) is 0.328. The van der Waals surface area contributed by atoms with Gasteiger partial charge in [-0.15, -0.1) is 0 Å². The molecular formula is C26H22N2O9. The van der Waals surface area contributed by atoms with E-state index in [-0.39, 0.29) is 23.6 Å². The number of ether oxygens (including phenoxy) is 3. The zero-order valence-corrected chi connectivity index (χ0v) is 19.8. The number of imide groups is 2. The smallest absolute Gasteiger partial charge is 0.371 e. The van der Waals surface area contributed by atoms with Crippen molar-refractivity contribution in [3.63, 3.8) is 0 Å². The van der Waals surface area contributed by atoms with Crippen LogP contribution >= 0.6 is 0 Å². The summed E-state index contributed by atoms with van der Waals surface area (Å²) in [4.78, 5) is 49.9. The number of carbonyl (C=O) groups is 4. The molecule has 0 aliphatic carbocycles. The van der Waals surface area contributed by atoms with Gasteiger partial charge in [-0.1, -0.05) is 6.07 Å². The summed E-state index contributed by atoms with van der Waals surface area (Å²) in [7, 11) is 1.49. The first-order valence-corrected chi connectivity index (χ1v) is 11.1. The average Bonchev–Trinajstić information content (AvgIpc) is 3.36. The first-order chi connectivity index (χ1) is 17.8. The molecule has 3 aromatic rings. The van der Waals surface area contributed by atoms with Crippen molar-refractivity contribution in [1.29, 1.82) is 0 Å². The number of nitrogens with one attached hydrogen (secondary N) is 1. The SMILES string of the molecule is CCOc1cc(C=C2C(=O)NC(=O)N(c3ccc(OC)cc3)C2=O)ccc1OCc1ccc(C(=O)O)o1. The predicted molar refractivity (Wildman–Crippen MR) is 130 cm³/mol. The fourth-order valence-corrected chi connectivity index (χ4v) is 3.51. The number of carboxylic acids is 1. The number of rotatable bonds is 9. The standard InChI is InChI=1S/C26H22N2O9/c1-3-35-22-13-15(4-10-20(22)36-14-18-9-11-21(37-18)25(31)32)12-19-23(29)27-26(33)28(24(19)30)16-5-7-17(34-2)8-6-16/h4-13H,3,14H2,1-2H3,(H,31,32)(H,27,29,33). The lowest BCUT2D eigenvalue weighted by Gasteiger charge is -2.26. The summed E-state index contributed by atoms with van der Waals surface area (Å²) in [6, 6.07) is 13.0. The molecule has 0 atom stereocenters. The van der Waals surface area contributed by atoms with Gasteiger partial charge >= 0.3 is 12.0 Å². The summed E-state index contributed by atoms with van der Waals surface area (Å²) in [5.74, 6) is -1.50. The van der Waals surface area contributed by atoms with Crippen molar-refractivity contribution in [2.24, 2.45) is 0 Å². The van der Waals surface area contributed by atoms with Crippen molar-refractivity contribution in [2.45, 2.75) is 13.5 Å². The average molecular weight is 506 g/mol. The molecule has 0 unspecified atom stereocenters. The minimum atomic E-state index is -1.19. The molecule has 1 aromatic heterocycles. The van der Waals surface area contributed by atoms with Crippen LogP contribution in [0.25, 0.3) is 6.08 Å². The number of furan rings is 1. The second-order valence-electron chi connectivity index (χ2n) is 7.65. The van der Waals surface area contributed by atoms with Crippen LogP contribution in [0, 0.1) is 0 Å². The molecule has 2 N–H and O–H groups in total. The largest absolute Gasteiger partial charge is 0.497 e. The Balaban J connectivity index is 1.58. The number of nitrogens with zero attached hydrogens (tertiary/aromatic N) is 1. The molecule has 11 nitrogen and oxygen atoms in total. The van der Waals surface area contributed by atoms with Gasteiger partial charge in [0.05, 0.1) is 19.4 Å². The molecule has 1 saturated heterocycles. The van der Waals surface area contributed by atoms with E-state index < -0.39 is 23.8 Å². The van der Waals surface area contributed by atoms with Crippen molar-refractivity contribution in [2.75, 3.05) is 18.6 Å². The van der Waals surface area contributed by atoms with E-state index in [9.17, 15) is 19.2 Å². The highest BCUT2D eigenvalue weighted by molar-refractivity contribution is 6.39. The van der Waals surface area contributed by atoms with Gasteiger partial charge < -0.3 is 23.7 Å². The molecule has 4 rings (SSSR count). The van der Waals surface area contributed by atoms with E-state index in [0.717, 1.165) is 4.90 Å². The number of aromatic carboxylic acids is 1. The van der Waals surface area contributed by atoms with Gasteiger partial charge in [-0.3, -0.25) is 14.9 Å². The second kappa shape index (κ2) is 10.7. The highest BCUT2D eigenvalue weighted by Crippen LogP contribution is 2.31. The third kappa shape index (κ3) is 5.45. The van der Waals surface area contributed by atoms with Gasteiger partial charge in [0.1, 0.15) is 23.7 Å². The molecular weight excluding hydrogens is 484 g/mol. The number of methoxy groups -OCH3 is 1. The van der Waals surface area contributed by atoms with Crippen LogP contribution in [0.15, 0.2) is 64.6 Å². The summed E-state index contributed by atoms with van der Waals surface area (Å²) in [6.45, 7) is 2.03. The number of barbiturate groups is 1. The molecule has 11 heteroatoms. The maximum absolute atomic E-state index is 13.1. The second-order valence-corrected chi connectivity index (χ2v) is 7.65. The van der Waals surface area contributed by atoms with Crippen molar-refractivity contribution in [3.8, 4) is 17.2 Å². The van der Waals surface area contributed by atoms with Crippen molar-refractivity contribution >= 4 is 35.6 Å². The van der Waals surface area contributed by atoms with Gasteiger partial charge in [-0.2, -0.15) is 0 Å². The van der Waals surface area contributed by atoms with Crippen LogP contribution < -0.4 is 24.4 Å². The van der Waals surface area contributed by atoms with E-state index in [0.29, 0.717) is 35.2 Å². The van der Waals surface area contributed by atoms with Crippen molar-refractivity contribution < 1.29 is 42.9 Å². The Kier molecular flexibility index (Phi) is 7.23. The van der Waals surface area contributed by atoms with Crippen LogP contribution in [0.5, 0.6) is 17.2 Å². The Labute approximate surface area is 210 Å². The number of carboxylic acid groups (broad SMARTS) is 1. The van der Waals surface area contributed by atoms with Gasteiger partial charge in [0.2, 0.25) is 5.76 Å². The van der Waals surface area contributed by atoms with Crippen molar-refractivity contribution in [1.82, 2.24) is 5.32 Å². The normalized spacial score (nSPS) is 14.5. The molecule has 1 aliphatic heterocycles. The topological polar surface area (TPSA) is 145 Å². The van der Waals surface area contributed by atoms with Gasteiger partial charge in [-0.25, -0.2) is 14.5 Å². The monoisotopic (exact) mass is 506 g/mol. The highest BCUT2D eigenvalue weighted by Gasteiger charge is 2.36. The molecule has 2 aromatic carbocycles. The van der Waals surface area contributed by atoms with Crippen LogP contribution in [0.4, 0.5) is 10.5 Å². The molecule has 1 fully saturated rings. The molecule has 4 amide bonds. The number of amides is 4. The van der Waals surface area contributed by atoms with E-state index >= 15 is 0 Å². The van der Waals surface area contributed by atoms with Crippen LogP contribution in [-0.2, 0) is 16.2 Å². The lowest BCUT2D eigenvalue weighted by atomic mass is 10.1. The summed E-state index contributed by atoms with van der Waals surface area (Å²) in [5.41, 5.74) is 0.470. The fourth-order valence-electron chi connectivity index (χ4n) is 3.51. The Morgan fingerprint density at radius 1 is 1.03 bits per heavy atom. The zero-order chi connectivity index (χ0) is 26.5. The molecule has 0 radical (unpaired) electrons. The summed E-state index contributed by atoms with van der Waals surface area (Å²) < 4.78 is 21.7. The first kappa shape index (κ1) is 25.0. The minimum absolute atomic E-state index is 0.0480. The third-order valence-electron chi connectivity index (χ3n) is 5.25. The number of anilines is 1. The van der Waals surface area contributed by atoms with Crippen LogP contribution in [-0.4, -0.2) is 42.6 Å². The lowest BCUT2D eigenvalue weighted by molar-refractivity contribution is -0.122. The Morgan fingerprint density at radius 2 is 1.78 bits per heavy atom. The molecule has 2 heterocycles. The molecule has 0 spiro atoms. The molecule has 37 heavy (non-hydrogen) atoms. The molecule has 190 valence electrons. The zero-order valence-electron chi connectivity index (χ0n) is 19.8. The molecule has 0 saturated carbocycles. The van der Waals surface area contributed by atoms with Gasteiger partial charge in [0, 0.05) is 0 Å². The number of hydrogen-bond donors (Lipinski definition) is 2.